The lowest BCUT2D eigenvalue weighted by Gasteiger charge is -2.26. The maximum atomic E-state index is 11.6. The van der Waals surface area contributed by atoms with Gasteiger partial charge in [0.15, 0.2) is 0 Å². The predicted octanol–water partition coefficient (Wildman–Crippen LogP) is 4.08. The molecule has 0 spiro atoms. The highest BCUT2D eigenvalue weighted by Gasteiger charge is 2.08. The number of benzene rings is 3. The van der Waals surface area contributed by atoms with Gasteiger partial charge in [-0.05, 0) is 35.2 Å². The standard InChI is InChI=1S/C20H19NO2S/c22-24(23)21(16-19-9-5-2-6-10-19)20-13-11-18(12-14-20)15-17-7-3-1-4-8-17/h1-14H,15-16H2,(H,22,23)/p-1. The maximum Gasteiger partial charge on any atom is 0.0558 e. The second kappa shape index (κ2) is 7.90. The molecule has 0 amide bonds. The summed E-state index contributed by atoms with van der Waals surface area (Å²) in [5, 5.41) is 0. The van der Waals surface area contributed by atoms with Crippen LogP contribution in [0.4, 0.5) is 5.69 Å². The molecule has 3 rings (SSSR count). The smallest absolute Gasteiger partial charge is 0.0558 e. The second-order valence-electron chi connectivity index (χ2n) is 5.57. The quantitative estimate of drug-likeness (QED) is 0.637. The van der Waals surface area contributed by atoms with Gasteiger partial charge in [-0.15, -0.1) is 0 Å². The van der Waals surface area contributed by atoms with Gasteiger partial charge in [0.25, 0.3) is 0 Å². The second-order valence-corrected chi connectivity index (χ2v) is 6.44. The van der Waals surface area contributed by atoms with E-state index in [2.05, 4.69) is 12.1 Å². The van der Waals surface area contributed by atoms with Crippen LogP contribution in [0.2, 0.25) is 0 Å². The van der Waals surface area contributed by atoms with Gasteiger partial charge in [-0.1, -0.05) is 72.8 Å². The fourth-order valence-electron chi connectivity index (χ4n) is 2.59. The molecule has 0 aliphatic rings. The van der Waals surface area contributed by atoms with Crippen LogP contribution in [0.5, 0.6) is 0 Å². The maximum absolute atomic E-state index is 11.6. The van der Waals surface area contributed by atoms with Gasteiger partial charge in [-0.2, -0.15) is 0 Å². The van der Waals surface area contributed by atoms with Crippen molar-refractivity contribution in [2.24, 2.45) is 0 Å². The summed E-state index contributed by atoms with van der Waals surface area (Å²) in [6.45, 7) is 0.328. The van der Waals surface area contributed by atoms with Crippen LogP contribution in [-0.2, 0) is 24.2 Å². The fourth-order valence-corrected chi connectivity index (χ4v) is 3.14. The van der Waals surface area contributed by atoms with Crippen LogP contribution < -0.4 is 4.31 Å². The Kier molecular flexibility index (Phi) is 5.41. The molecule has 3 nitrogen and oxygen atoms in total. The largest absolute Gasteiger partial charge is 0.755 e. The molecule has 1 atom stereocenters. The summed E-state index contributed by atoms with van der Waals surface area (Å²) in [6, 6.07) is 27.5. The normalized spacial score (nSPS) is 11.9. The van der Waals surface area contributed by atoms with Crippen LogP contribution >= 0.6 is 0 Å². The molecule has 0 aliphatic heterocycles. The number of hydrogen-bond acceptors (Lipinski definition) is 2. The molecule has 4 heteroatoms. The summed E-state index contributed by atoms with van der Waals surface area (Å²) in [6.07, 6.45) is 0.834. The minimum Gasteiger partial charge on any atom is -0.755 e. The van der Waals surface area contributed by atoms with Crippen molar-refractivity contribution in [3.8, 4) is 0 Å². The molecule has 3 aromatic rings. The highest BCUT2D eigenvalue weighted by atomic mass is 32.2. The Morgan fingerprint density at radius 3 is 1.75 bits per heavy atom. The van der Waals surface area contributed by atoms with Crippen molar-refractivity contribution in [3.63, 3.8) is 0 Å². The van der Waals surface area contributed by atoms with Crippen molar-refractivity contribution in [1.29, 1.82) is 0 Å². The zero-order valence-electron chi connectivity index (χ0n) is 13.2. The van der Waals surface area contributed by atoms with Gasteiger partial charge in [0.1, 0.15) is 0 Å². The van der Waals surface area contributed by atoms with Crippen LogP contribution in [0.25, 0.3) is 0 Å². The van der Waals surface area contributed by atoms with Crippen molar-refractivity contribution < 1.29 is 8.76 Å². The molecule has 3 aromatic carbocycles. The van der Waals surface area contributed by atoms with Crippen molar-refractivity contribution >= 4 is 17.0 Å². The Labute approximate surface area is 145 Å². The van der Waals surface area contributed by atoms with Crippen LogP contribution in [0.15, 0.2) is 84.9 Å². The SMILES string of the molecule is O=S([O-])N(Cc1ccccc1)c1ccc(Cc2ccccc2)cc1. The monoisotopic (exact) mass is 336 g/mol. The van der Waals surface area contributed by atoms with E-state index in [0.717, 1.165) is 17.5 Å². The summed E-state index contributed by atoms with van der Waals surface area (Å²) in [7, 11) is 0. The van der Waals surface area contributed by atoms with Crippen molar-refractivity contribution in [2.75, 3.05) is 4.31 Å². The Balaban J connectivity index is 1.75. The minimum atomic E-state index is -2.32. The van der Waals surface area contributed by atoms with Gasteiger partial charge < -0.3 is 4.55 Å². The molecule has 0 fully saturated rings. The number of anilines is 1. The van der Waals surface area contributed by atoms with Gasteiger partial charge >= 0.3 is 0 Å². The summed E-state index contributed by atoms with van der Waals surface area (Å²) in [5.74, 6) is 0. The summed E-state index contributed by atoms with van der Waals surface area (Å²) in [4.78, 5) is 0. The third-order valence-corrected chi connectivity index (χ3v) is 4.52. The van der Waals surface area contributed by atoms with Crippen LogP contribution in [0, 0.1) is 0 Å². The molecule has 0 saturated carbocycles. The first-order chi connectivity index (χ1) is 11.7. The summed E-state index contributed by atoms with van der Waals surface area (Å²) in [5.41, 5.74) is 4.01. The average molecular weight is 336 g/mol. The zero-order valence-corrected chi connectivity index (χ0v) is 14.0. The van der Waals surface area contributed by atoms with Gasteiger partial charge in [0, 0.05) is 17.0 Å². The molecule has 1 unspecified atom stereocenters. The molecule has 24 heavy (non-hydrogen) atoms. The van der Waals surface area contributed by atoms with Crippen LogP contribution in [-0.4, -0.2) is 8.76 Å². The lowest BCUT2D eigenvalue weighted by atomic mass is 10.0. The first-order valence-corrected chi connectivity index (χ1v) is 8.79. The van der Waals surface area contributed by atoms with Crippen molar-refractivity contribution in [1.82, 2.24) is 0 Å². The molecule has 0 aliphatic carbocycles. The molecule has 0 aromatic heterocycles. The van der Waals surface area contributed by atoms with Crippen LogP contribution in [0.3, 0.4) is 0 Å². The number of rotatable bonds is 6. The van der Waals surface area contributed by atoms with Gasteiger partial charge in [-0.3, -0.25) is 8.51 Å². The van der Waals surface area contributed by atoms with Crippen molar-refractivity contribution in [2.45, 2.75) is 13.0 Å². The van der Waals surface area contributed by atoms with E-state index in [-0.39, 0.29) is 0 Å². The van der Waals surface area contributed by atoms with E-state index in [1.54, 1.807) is 0 Å². The van der Waals surface area contributed by atoms with E-state index in [4.69, 9.17) is 0 Å². The predicted molar refractivity (Wildman–Crippen MR) is 97.2 cm³/mol. The topological polar surface area (TPSA) is 43.4 Å². The van der Waals surface area contributed by atoms with Crippen LogP contribution in [0.1, 0.15) is 16.7 Å². The highest BCUT2D eigenvalue weighted by Crippen LogP contribution is 2.20. The van der Waals surface area contributed by atoms with Gasteiger partial charge in [0.2, 0.25) is 0 Å². The Bertz CT molecular complexity index is 789. The molecule has 0 bridgehead atoms. The van der Waals surface area contributed by atoms with Crippen molar-refractivity contribution in [3.05, 3.63) is 102 Å². The van der Waals surface area contributed by atoms with E-state index in [1.165, 1.54) is 9.87 Å². The zero-order chi connectivity index (χ0) is 16.8. The Morgan fingerprint density at radius 2 is 1.21 bits per heavy atom. The van der Waals surface area contributed by atoms with E-state index in [0.29, 0.717) is 12.2 Å². The number of hydrogen-bond donors (Lipinski definition) is 0. The summed E-state index contributed by atoms with van der Waals surface area (Å²) >= 11 is -2.32. The highest BCUT2D eigenvalue weighted by molar-refractivity contribution is 7.80. The summed E-state index contributed by atoms with van der Waals surface area (Å²) < 4.78 is 24.6. The van der Waals surface area contributed by atoms with E-state index >= 15 is 0 Å². The first kappa shape index (κ1) is 16.4. The lowest BCUT2D eigenvalue weighted by Crippen LogP contribution is -2.24. The van der Waals surface area contributed by atoms with E-state index in [9.17, 15) is 8.76 Å². The first-order valence-electron chi connectivity index (χ1n) is 7.76. The number of nitrogens with zero attached hydrogens (tertiary/aromatic N) is 1. The minimum absolute atomic E-state index is 0.328. The van der Waals surface area contributed by atoms with Gasteiger partial charge in [0.05, 0.1) is 6.54 Å². The third kappa shape index (κ3) is 4.31. The van der Waals surface area contributed by atoms with E-state index < -0.39 is 11.3 Å². The average Bonchev–Trinajstić information content (AvgIpc) is 2.62. The molecular weight excluding hydrogens is 318 g/mol. The molecule has 0 saturated heterocycles. The molecule has 0 N–H and O–H groups in total. The molecule has 122 valence electrons. The lowest BCUT2D eigenvalue weighted by molar-refractivity contribution is 0.531. The molecule has 0 radical (unpaired) electrons. The molecule has 0 heterocycles. The van der Waals surface area contributed by atoms with E-state index in [1.807, 2.05) is 72.8 Å². The Hall–Kier alpha value is -2.43. The fraction of sp³-hybridized carbons (Fsp3) is 0.100. The Morgan fingerprint density at radius 1 is 0.708 bits per heavy atom. The molecular formula is C20H18NO2S-. The van der Waals surface area contributed by atoms with Gasteiger partial charge in [-0.25, -0.2) is 0 Å². The third-order valence-electron chi connectivity index (χ3n) is 3.82.